The fraction of sp³-hybridized carbons (Fsp3) is 0.294. The number of nitriles is 1. The molecule has 6 nitrogen and oxygen atoms in total. The Kier molecular flexibility index (Phi) is 3.94. The molecule has 0 radical (unpaired) electrons. The third-order valence-corrected chi connectivity index (χ3v) is 3.94. The maximum absolute atomic E-state index is 11.7. The predicted octanol–water partition coefficient (Wildman–Crippen LogP) is 2.25. The molecule has 2 heterocycles. The maximum Gasteiger partial charge on any atom is 0.223 e. The molecule has 0 N–H and O–H groups in total. The summed E-state index contributed by atoms with van der Waals surface area (Å²) >= 11 is 0. The summed E-state index contributed by atoms with van der Waals surface area (Å²) in [6, 6.07) is 9.96. The van der Waals surface area contributed by atoms with Gasteiger partial charge in [0.05, 0.1) is 11.8 Å². The van der Waals surface area contributed by atoms with Gasteiger partial charge in [-0.25, -0.2) is 5.01 Å². The number of anilines is 1. The lowest BCUT2D eigenvalue weighted by atomic mass is 10.1. The second kappa shape index (κ2) is 6.05. The Morgan fingerprint density at radius 2 is 2.30 bits per heavy atom. The van der Waals surface area contributed by atoms with Gasteiger partial charge in [-0.05, 0) is 25.1 Å². The van der Waals surface area contributed by atoms with Gasteiger partial charge in [-0.3, -0.25) is 9.79 Å². The third-order valence-electron chi connectivity index (χ3n) is 3.94. The van der Waals surface area contributed by atoms with Crippen molar-refractivity contribution in [3.8, 4) is 6.07 Å². The molecule has 1 amide bonds. The molecular formula is C17H17N5O. The lowest BCUT2D eigenvalue weighted by Gasteiger charge is -2.28. The van der Waals surface area contributed by atoms with E-state index in [-0.39, 0.29) is 18.0 Å². The van der Waals surface area contributed by atoms with Crippen molar-refractivity contribution < 1.29 is 4.79 Å². The SMILES string of the molecule is CCN(C(C)=O)c1cccc(C2=CC=NC3C(C#N)C=NN23)c1. The van der Waals surface area contributed by atoms with Crippen molar-refractivity contribution in [3.63, 3.8) is 0 Å². The van der Waals surface area contributed by atoms with Crippen LogP contribution in [0.4, 0.5) is 5.69 Å². The molecule has 2 aliphatic rings. The molecule has 0 aliphatic carbocycles. The molecule has 0 aromatic heterocycles. The van der Waals surface area contributed by atoms with Crippen LogP contribution in [0, 0.1) is 17.2 Å². The van der Waals surface area contributed by atoms with Gasteiger partial charge in [0, 0.05) is 37.1 Å². The van der Waals surface area contributed by atoms with Crippen LogP contribution in [-0.4, -0.2) is 36.1 Å². The molecular weight excluding hydrogens is 290 g/mol. The van der Waals surface area contributed by atoms with E-state index in [1.807, 2.05) is 37.3 Å². The van der Waals surface area contributed by atoms with Crippen molar-refractivity contribution in [3.05, 3.63) is 35.9 Å². The Balaban J connectivity index is 1.95. The molecule has 116 valence electrons. The predicted molar refractivity (Wildman–Crippen MR) is 89.8 cm³/mol. The lowest BCUT2D eigenvalue weighted by Crippen LogP contribution is -2.31. The van der Waals surface area contributed by atoms with E-state index in [0.29, 0.717) is 6.54 Å². The number of hydrazone groups is 1. The van der Waals surface area contributed by atoms with Gasteiger partial charge in [0.2, 0.25) is 5.91 Å². The standard InChI is InChI=1S/C17H17N5O/c1-3-21(12(2)23)15-6-4-5-13(9-15)16-7-8-19-17-14(10-18)11-20-22(16)17/h4-9,11,14,17H,3H2,1-2H3. The Labute approximate surface area is 135 Å². The van der Waals surface area contributed by atoms with Crippen molar-refractivity contribution in [1.29, 1.82) is 5.26 Å². The van der Waals surface area contributed by atoms with Crippen LogP contribution in [0.3, 0.4) is 0 Å². The highest BCUT2D eigenvalue weighted by molar-refractivity contribution is 5.93. The number of amides is 1. The fourth-order valence-corrected chi connectivity index (χ4v) is 2.83. The largest absolute Gasteiger partial charge is 0.313 e. The van der Waals surface area contributed by atoms with Gasteiger partial charge in [0.1, 0.15) is 5.92 Å². The molecule has 0 saturated carbocycles. The first-order valence-corrected chi connectivity index (χ1v) is 7.50. The first kappa shape index (κ1) is 15.0. The number of allylic oxidation sites excluding steroid dienone is 1. The number of carbonyl (C=O) groups is 1. The number of carbonyl (C=O) groups excluding carboxylic acids is 1. The van der Waals surface area contributed by atoms with Crippen LogP contribution < -0.4 is 4.90 Å². The number of hydrogen-bond donors (Lipinski definition) is 0. The zero-order valence-corrected chi connectivity index (χ0v) is 13.0. The van der Waals surface area contributed by atoms with E-state index >= 15 is 0 Å². The van der Waals surface area contributed by atoms with Gasteiger partial charge in [-0.1, -0.05) is 12.1 Å². The van der Waals surface area contributed by atoms with Crippen LogP contribution >= 0.6 is 0 Å². The Morgan fingerprint density at radius 1 is 1.48 bits per heavy atom. The monoisotopic (exact) mass is 307 g/mol. The number of fused-ring (bicyclic) bond motifs is 1. The highest BCUT2D eigenvalue weighted by Gasteiger charge is 2.34. The highest BCUT2D eigenvalue weighted by atomic mass is 16.2. The first-order valence-electron chi connectivity index (χ1n) is 7.50. The summed E-state index contributed by atoms with van der Waals surface area (Å²) < 4.78 is 0. The van der Waals surface area contributed by atoms with E-state index in [1.165, 1.54) is 0 Å². The molecule has 1 aromatic carbocycles. The Morgan fingerprint density at radius 3 is 3.00 bits per heavy atom. The number of benzene rings is 1. The zero-order valence-electron chi connectivity index (χ0n) is 13.0. The van der Waals surface area contributed by atoms with Gasteiger partial charge in [0.15, 0.2) is 6.17 Å². The van der Waals surface area contributed by atoms with Crippen molar-refractivity contribution in [2.75, 3.05) is 11.4 Å². The molecule has 0 fully saturated rings. The van der Waals surface area contributed by atoms with Crippen molar-refractivity contribution in [2.24, 2.45) is 16.0 Å². The quantitative estimate of drug-likeness (QED) is 0.859. The number of aliphatic imine (C=N–C) groups is 1. The third kappa shape index (κ3) is 2.61. The van der Waals surface area contributed by atoms with E-state index in [2.05, 4.69) is 16.2 Å². The molecule has 2 aliphatic heterocycles. The molecule has 2 unspecified atom stereocenters. The van der Waals surface area contributed by atoms with E-state index in [9.17, 15) is 4.79 Å². The molecule has 6 heteroatoms. The summed E-state index contributed by atoms with van der Waals surface area (Å²) in [4.78, 5) is 17.8. The summed E-state index contributed by atoms with van der Waals surface area (Å²) in [6.07, 6.45) is 4.90. The molecule has 0 saturated heterocycles. The summed E-state index contributed by atoms with van der Waals surface area (Å²) in [5.41, 5.74) is 2.66. The normalized spacial score (nSPS) is 21.6. The smallest absolute Gasteiger partial charge is 0.223 e. The topological polar surface area (TPSA) is 72.1 Å². The number of hydrogen-bond acceptors (Lipinski definition) is 5. The molecule has 0 spiro atoms. The van der Waals surface area contributed by atoms with E-state index in [0.717, 1.165) is 16.9 Å². The average Bonchev–Trinajstić information content (AvgIpc) is 2.98. The van der Waals surface area contributed by atoms with Crippen LogP contribution in [0.1, 0.15) is 19.4 Å². The molecule has 2 atom stereocenters. The van der Waals surface area contributed by atoms with E-state index in [4.69, 9.17) is 5.26 Å². The number of nitrogens with zero attached hydrogens (tertiary/aromatic N) is 5. The minimum Gasteiger partial charge on any atom is -0.313 e. The van der Waals surface area contributed by atoms with Gasteiger partial charge in [-0.15, -0.1) is 0 Å². The lowest BCUT2D eigenvalue weighted by molar-refractivity contribution is -0.116. The van der Waals surface area contributed by atoms with Crippen LogP contribution in [-0.2, 0) is 4.79 Å². The Hall–Kier alpha value is -2.94. The molecule has 23 heavy (non-hydrogen) atoms. The Bertz CT molecular complexity index is 758. The van der Waals surface area contributed by atoms with Gasteiger partial charge >= 0.3 is 0 Å². The number of rotatable bonds is 3. The highest BCUT2D eigenvalue weighted by Crippen LogP contribution is 2.32. The average molecular weight is 307 g/mol. The fourth-order valence-electron chi connectivity index (χ4n) is 2.83. The first-order chi connectivity index (χ1) is 11.2. The van der Waals surface area contributed by atoms with Crippen LogP contribution in [0.2, 0.25) is 0 Å². The van der Waals surface area contributed by atoms with Crippen LogP contribution in [0.15, 0.2) is 40.4 Å². The zero-order chi connectivity index (χ0) is 16.4. The van der Waals surface area contributed by atoms with Crippen LogP contribution in [0.5, 0.6) is 0 Å². The minimum atomic E-state index is -0.345. The second-order valence-electron chi connectivity index (χ2n) is 5.34. The summed E-state index contributed by atoms with van der Waals surface area (Å²) in [5, 5.41) is 15.2. The van der Waals surface area contributed by atoms with Crippen molar-refractivity contribution >= 4 is 29.7 Å². The van der Waals surface area contributed by atoms with Crippen molar-refractivity contribution in [2.45, 2.75) is 20.0 Å². The summed E-state index contributed by atoms with van der Waals surface area (Å²) in [6.45, 7) is 4.11. The molecule has 1 aromatic rings. The second-order valence-corrected chi connectivity index (χ2v) is 5.34. The van der Waals surface area contributed by atoms with E-state index in [1.54, 1.807) is 29.3 Å². The van der Waals surface area contributed by atoms with E-state index < -0.39 is 0 Å². The van der Waals surface area contributed by atoms with Crippen LogP contribution in [0.25, 0.3) is 5.70 Å². The maximum atomic E-state index is 11.7. The van der Waals surface area contributed by atoms with Gasteiger partial charge < -0.3 is 4.90 Å². The van der Waals surface area contributed by atoms with Gasteiger partial charge in [0.25, 0.3) is 0 Å². The van der Waals surface area contributed by atoms with Gasteiger partial charge in [-0.2, -0.15) is 10.4 Å². The molecule has 3 rings (SSSR count). The molecule has 0 bridgehead atoms. The summed E-state index contributed by atoms with van der Waals surface area (Å²) in [7, 11) is 0. The van der Waals surface area contributed by atoms with Crippen molar-refractivity contribution in [1.82, 2.24) is 5.01 Å². The summed E-state index contributed by atoms with van der Waals surface area (Å²) in [5.74, 6) is -0.340. The minimum absolute atomic E-state index is 0.00505.